The number of halogens is 1. The van der Waals surface area contributed by atoms with Crippen LogP contribution in [-0.4, -0.2) is 11.5 Å². The first-order chi connectivity index (χ1) is 7.00. The number of nitrogens with zero attached hydrogens (tertiary/aromatic N) is 1. The highest BCUT2D eigenvalue weighted by Gasteiger charge is 2.09. The molecule has 15 heavy (non-hydrogen) atoms. The first-order valence-corrected chi connectivity index (χ1v) is 4.33. The molecule has 0 atom stereocenters. The summed E-state index contributed by atoms with van der Waals surface area (Å²) in [7, 11) is 0. The van der Waals surface area contributed by atoms with Crippen molar-refractivity contribution in [2.75, 3.05) is 11.9 Å². The second kappa shape index (κ2) is 4.54. The Morgan fingerprint density at radius 1 is 1.67 bits per heavy atom. The zero-order valence-corrected chi connectivity index (χ0v) is 8.29. The molecule has 0 saturated heterocycles. The van der Waals surface area contributed by atoms with Crippen LogP contribution in [0.3, 0.4) is 0 Å². The van der Waals surface area contributed by atoms with Crippen LogP contribution in [0.15, 0.2) is 30.4 Å². The lowest BCUT2D eigenvalue weighted by Gasteiger charge is -2.06. The number of nitro benzene ring substituents is 1. The Balaban J connectivity index is 2.83. The van der Waals surface area contributed by atoms with Gasteiger partial charge >= 0.3 is 0 Å². The van der Waals surface area contributed by atoms with Crippen molar-refractivity contribution >= 4 is 11.4 Å². The summed E-state index contributed by atoms with van der Waals surface area (Å²) >= 11 is 0. The van der Waals surface area contributed by atoms with E-state index >= 15 is 0 Å². The lowest BCUT2D eigenvalue weighted by molar-refractivity contribution is -0.385. The minimum atomic E-state index is -0.634. The molecule has 0 heterocycles. The van der Waals surface area contributed by atoms with Crippen molar-refractivity contribution in [3.8, 4) is 0 Å². The summed E-state index contributed by atoms with van der Waals surface area (Å²) in [5, 5.41) is 13.1. The summed E-state index contributed by atoms with van der Waals surface area (Å²) in [5.41, 5.74) is 0.838. The molecular formula is C10H11FN2O2. The number of non-ortho nitro benzene ring substituents is 1. The number of hydrogen-bond donors (Lipinski definition) is 1. The number of benzene rings is 1. The van der Waals surface area contributed by atoms with E-state index in [2.05, 4.69) is 11.9 Å². The van der Waals surface area contributed by atoms with Crippen molar-refractivity contribution in [2.24, 2.45) is 0 Å². The Labute approximate surface area is 86.6 Å². The molecule has 1 aromatic carbocycles. The molecule has 80 valence electrons. The fourth-order valence-electron chi connectivity index (χ4n) is 1.01. The van der Waals surface area contributed by atoms with Crippen LogP contribution in [0.2, 0.25) is 0 Å². The molecule has 4 nitrogen and oxygen atoms in total. The van der Waals surface area contributed by atoms with Crippen molar-refractivity contribution in [3.63, 3.8) is 0 Å². The summed E-state index contributed by atoms with van der Waals surface area (Å²) in [6, 6.07) is 3.49. The van der Waals surface area contributed by atoms with E-state index in [1.54, 1.807) is 6.92 Å². The SMILES string of the molecule is C=C(C)CNc1ccc([N+](=O)[O-])cc1F. The third kappa shape index (κ3) is 3.05. The molecular weight excluding hydrogens is 199 g/mol. The first-order valence-electron chi connectivity index (χ1n) is 4.33. The monoisotopic (exact) mass is 210 g/mol. The number of anilines is 1. The standard InChI is InChI=1S/C10H11FN2O2/c1-7(2)6-12-10-4-3-8(13(14)15)5-9(10)11/h3-5,12H,1,6H2,2H3. The van der Waals surface area contributed by atoms with Crippen LogP contribution < -0.4 is 5.32 Å². The summed E-state index contributed by atoms with van der Waals surface area (Å²) < 4.78 is 13.3. The highest BCUT2D eigenvalue weighted by Crippen LogP contribution is 2.20. The van der Waals surface area contributed by atoms with Gasteiger partial charge in [-0.25, -0.2) is 4.39 Å². The molecule has 1 aromatic rings. The number of hydrogen-bond acceptors (Lipinski definition) is 3. The first kappa shape index (κ1) is 11.2. The van der Waals surface area contributed by atoms with Crippen LogP contribution in [0.4, 0.5) is 15.8 Å². The van der Waals surface area contributed by atoms with Gasteiger partial charge in [-0.3, -0.25) is 10.1 Å². The summed E-state index contributed by atoms with van der Waals surface area (Å²) in [6.45, 7) is 5.89. The van der Waals surface area contributed by atoms with Crippen molar-refractivity contribution in [3.05, 3.63) is 46.3 Å². The van der Waals surface area contributed by atoms with Gasteiger partial charge in [0, 0.05) is 12.6 Å². The fraction of sp³-hybridized carbons (Fsp3) is 0.200. The maximum Gasteiger partial charge on any atom is 0.272 e. The Hall–Kier alpha value is -1.91. The third-order valence-electron chi connectivity index (χ3n) is 1.74. The van der Waals surface area contributed by atoms with E-state index in [0.717, 1.165) is 11.6 Å². The molecule has 0 spiro atoms. The largest absolute Gasteiger partial charge is 0.379 e. The Bertz CT molecular complexity index is 404. The minimum Gasteiger partial charge on any atom is -0.379 e. The van der Waals surface area contributed by atoms with Gasteiger partial charge in [-0.2, -0.15) is 0 Å². The summed E-state index contributed by atoms with van der Waals surface area (Å²) in [4.78, 5) is 9.70. The Morgan fingerprint density at radius 3 is 2.80 bits per heavy atom. The van der Waals surface area contributed by atoms with Gasteiger partial charge in [0.1, 0.15) is 0 Å². The van der Waals surface area contributed by atoms with Gasteiger partial charge in [-0.1, -0.05) is 12.2 Å². The molecule has 0 unspecified atom stereocenters. The van der Waals surface area contributed by atoms with Crippen LogP contribution in [0, 0.1) is 15.9 Å². The van der Waals surface area contributed by atoms with Crippen LogP contribution >= 0.6 is 0 Å². The summed E-state index contributed by atoms with van der Waals surface area (Å²) in [6.07, 6.45) is 0. The van der Waals surface area contributed by atoms with Crippen molar-refractivity contribution in [1.29, 1.82) is 0 Å². The quantitative estimate of drug-likeness (QED) is 0.472. The molecule has 0 aromatic heterocycles. The van der Waals surface area contributed by atoms with Crippen LogP contribution in [0.5, 0.6) is 0 Å². The van der Waals surface area contributed by atoms with Gasteiger partial charge < -0.3 is 5.32 Å². The fourth-order valence-corrected chi connectivity index (χ4v) is 1.01. The van der Waals surface area contributed by atoms with E-state index in [1.807, 2.05) is 0 Å². The second-order valence-electron chi connectivity index (χ2n) is 3.23. The van der Waals surface area contributed by atoms with E-state index in [4.69, 9.17) is 0 Å². The molecule has 0 saturated carbocycles. The van der Waals surface area contributed by atoms with Gasteiger partial charge in [0.15, 0.2) is 5.82 Å². The number of nitrogens with one attached hydrogen (secondary N) is 1. The Morgan fingerprint density at radius 2 is 2.33 bits per heavy atom. The predicted molar refractivity (Wildman–Crippen MR) is 56.4 cm³/mol. The van der Waals surface area contributed by atoms with E-state index < -0.39 is 10.7 Å². The number of rotatable bonds is 4. The molecule has 0 aliphatic rings. The molecule has 5 heteroatoms. The highest BCUT2D eigenvalue weighted by molar-refractivity contribution is 5.50. The van der Waals surface area contributed by atoms with Gasteiger partial charge in [0.25, 0.3) is 5.69 Å². The van der Waals surface area contributed by atoms with Crippen LogP contribution in [0.1, 0.15) is 6.92 Å². The molecule has 0 radical (unpaired) electrons. The van der Waals surface area contributed by atoms with Gasteiger partial charge in [0.05, 0.1) is 16.7 Å². The van der Waals surface area contributed by atoms with Crippen molar-refractivity contribution in [2.45, 2.75) is 6.92 Å². The maximum atomic E-state index is 13.3. The van der Waals surface area contributed by atoms with E-state index in [9.17, 15) is 14.5 Å². The molecule has 0 fully saturated rings. The smallest absolute Gasteiger partial charge is 0.272 e. The molecule has 0 bridgehead atoms. The predicted octanol–water partition coefficient (Wildman–Crippen LogP) is 2.72. The molecule has 0 aliphatic carbocycles. The normalized spacial score (nSPS) is 9.73. The van der Waals surface area contributed by atoms with Crippen LogP contribution in [-0.2, 0) is 0 Å². The summed E-state index contributed by atoms with van der Waals surface area (Å²) in [5.74, 6) is -0.634. The topological polar surface area (TPSA) is 55.2 Å². The van der Waals surface area contributed by atoms with Gasteiger partial charge in [0.2, 0.25) is 0 Å². The van der Waals surface area contributed by atoms with Crippen molar-refractivity contribution in [1.82, 2.24) is 0 Å². The van der Waals surface area contributed by atoms with E-state index in [-0.39, 0.29) is 11.4 Å². The molecule has 1 rings (SSSR count). The molecule has 0 aliphatic heterocycles. The maximum absolute atomic E-state index is 13.3. The van der Waals surface area contributed by atoms with Gasteiger partial charge in [-0.15, -0.1) is 0 Å². The van der Waals surface area contributed by atoms with E-state index in [1.165, 1.54) is 12.1 Å². The highest BCUT2D eigenvalue weighted by atomic mass is 19.1. The average molecular weight is 210 g/mol. The van der Waals surface area contributed by atoms with Crippen LogP contribution in [0.25, 0.3) is 0 Å². The molecule has 0 amide bonds. The lowest BCUT2D eigenvalue weighted by Crippen LogP contribution is -2.04. The lowest BCUT2D eigenvalue weighted by atomic mass is 10.2. The zero-order valence-electron chi connectivity index (χ0n) is 8.29. The van der Waals surface area contributed by atoms with Crippen molar-refractivity contribution < 1.29 is 9.31 Å². The Kier molecular flexibility index (Phi) is 3.38. The van der Waals surface area contributed by atoms with E-state index in [0.29, 0.717) is 6.54 Å². The third-order valence-corrected chi connectivity index (χ3v) is 1.74. The minimum absolute atomic E-state index is 0.239. The second-order valence-corrected chi connectivity index (χ2v) is 3.23. The van der Waals surface area contributed by atoms with Gasteiger partial charge in [-0.05, 0) is 13.0 Å². The zero-order chi connectivity index (χ0) is 11.4. The molecule has 1 N–H and O–H groups in total. The number of nitro groups is 1. The average Bonchev–Trinajstić information content (AvgIpc) is 2.15.